The molecule has 2 rings (SSSR count). The number of para-hydroxylation sites is 2. The summed E-state index contributed by atoms with van der Waals surface area (Å²) in [6.07, 6.45) is 0.480. The van der Waals surface area contributed by atoms with E-state index < -0.39 is 6.09 Å². The molecule has 0 bridgehead atoms. The van der Waals surface area contributed by atoms with Gasteiger partial charge in [0, 0.05) is 13.0 Å². The van der Waals surface area contributed by atoms with Crippen molar-refractivity contribution >= 4 is 17.7 Å². The third-order valence-electron chi connectivity index (χ3n) is 2.44. The van der Waals surface area contributed by atoms with Crippen LogP contribution in [0.5, 0.6) is 5.75 Å². The van der Waals surface area contributed by atoms with Gasteiger partial charge in [-0.3, -0.25) is 4.79 Å². The van der Waals surface area contributed by atoms with Crippen molar-refractivity contribution in [2.75, 3.05) is 11.4 Å². The molecule has 0 radical (unpaired) electrons. The summed E-state index contributed by atoms with van der Waals surface area (Å²) in [7, 11) is 0. The maximum absolute atomic E-state index is 11.6. The van der Waals surface area contributed by atoms with Crippen LogP contribution in [0.25, 0.3) is 0 Å². The zero-order valence-corrected chi connectivity index (χ0v) is 8.68. The first kappa shape index (κ1) is 10.5. The maximum Gasteiger partial charge on any atom is 0.410 e. The minimum absolute atomic E-state index is 0.0421. The van der Waals surface area contributed by atoms with Crippen LogP contribution in [0.3, 0.4) is 0 Å². The fraction of sp³-hybridized carbons (Fsp3) is 0.273. The largest absolute Gasteiger partial charge is 0.410 e. The number of rotatable bonds is 2. The molecule has 5 nitrogen and oxygen atoms in total. The van der Waals surface area contributed by atoms with Crippen molar-refractivity contribution in [2.24, 2.45) is 5.73 Å². The van der Waals surface area contributed by atoms with Gasteiger partial charge >= 0.3 is 6.09 Å². The molecule has 0 saturated carbocycles. The topological polar surface area (TPSA) is 72.6 Å². The molecule has 0 unspecified atom stereocenters. The van der Waals surface area contributed by atoms with E-state index >= 15 is 0 Å². The minimum atomic E-state index is -0.876. The number of carbonyl (C=O) groups excluding carboxylic acids is 2. The van der Waals surface area contributed by atoms with E-state index in [0.29, 0.717) is 24.4 Å². The lowest BCUT2D eigenvalue weighted by Gasteiger charge is -2.18. The van der Waals surface area contributed by atoms with Gasteiger partial charge in [-0.2, -0.15) is 0 Å². The number of nitrogens with two attached hydrogens (primary N) is 1. The number of nitrogens with zero attached hydrogens (tertiary/aromatic N) is 1. The SMILES string of the molecule is NC(=O)Oc1ccccc1N1CCCC1=O. The van der Waals surface area contributed by atoms with E-state index in [1.807, 2.05) is 0 Å². The van der Waals surface area contributed by atoms with Crippen molar-refractivity contribution in [3.05, 3.63) is 24.3 Å². The Morgan fingerprint density at radius 3 is 2.75 bits per heavy atom. The predicted molar refractivity (Wildman–Crippen MR) is 58.2 cm³/mol. The highest BCUT2D eigenvalue weighted by atomic mass is 16.5. The van der Waals surface area contributed by atoms with Gasteiger partial charge in [-0.15, -0.1) is 0 Å². The standard InChI is InChI=1S/C11H12N2O3/c12-11(15)16-9-5-2-1-4-8(9)13-7-3-6-10(13)14/h1-2,4-5H,3,6-7H2,(H2,12,15). The molecule has 0 atom stereocenters. The van der Waals surface area contributed by atoms with E-state index in [2.05, 4.69) is 0 Å². The second kappa shape index (κ2) is 4.22. The fourth-order valence-electron chi connectivity index (χ4n) is 1.78. The van der Waals surface area contributed by atoms with Crippen LogP contribution in [0.2, 0.25) is 0 Å². The number of primary amides is 1. The van der Waals surface area contributed by atoms with Crippen molar-refractivity contribution in [2.45, 2.75) is 12.8 Å². The first-order valence-corrected chi connectivity index (χ1v) is 5.05. The van der Waals surface area contributed by atoms with Gasteiger partial charge in [0.1, 0.15) is 0 Å². The van der Waals surface area contributed by atoms with Gasteiger partial charge in [0.2, 0.25) is 5.91 Å². The Labute approximate surface area is 92.8 Å². The number of benzene rings is 1. The Morgan fingerprint density at radius 2 is 2.12 bits per heavy atom. The number of hydrogen-bond donors (Lipinski definition) is 1. The predicted octanol–water partition coefficient (Wildman–Crippen LogP) is 1.27. The van der Waals surface area contributed by atoms with E-state index in [0.717, 1.165) is 6.42 Å². The van der Waals surface area contributed by atoms with Crippen LogP contribution in [0.4, 0.5) is 10.5 Å². The zero-order chi connectivity index (χ0) is 11.5. The van der Waals surface area contributed by atoms with Gasteiger partial charge in [0.25, 0.3) is 0 Å². The summed E-state index contributed by atoms with van der Waals surface area (Å²) < 4.78 is 4.85. The van der Waals surface area contributed by atoms with Crippen molar-refractivity contribution in [3.8, 4) is 5.75 Å². The molecule has 1 aromatic rings. The van der Waals surface area contributed by atoms with Gasteiger partial charge in [0.05, 0.1) is 5.69 Å². The molecular formula is C11H12N2O3. The molecule has 0 spiro atoms. The molecular weight excluding hydrogens is 208 g/mol. The summed E-state index contributed by atoms with van der Waals surface area (Å²) in [5.74, 6) is 0.366. The number of carbonyl (C=O) groups is 2. The summed E-state index contributed by atoms with van der Waals surface area (Å²) in [6.45, 7) is 0.651. The molecule has 5 heteroatoms. The van der Waals surface area contributed by atoms with Gasteiger partial charge in [-0.1, -0.05) is 12.1 Å². The monoisotopic (exact) mass is 220 g/mol. The van der Waals surface area contributed by atoms with Crippen molar-refractivity contribution in [1.82, 2.24) is 0 Å². The second-order valence-corrected chi connectivity index (χ2v) is 3.54. The lowest BCUT2D eigenvalue weighted by molar-refractivity contribution is -0.117. The van der Waals surface area contributed by atoms with E-state index in [1.54, 1.807) is 29.2 Å². The molecule has 1 aliphatic heterocycles. The molecule has 84 valence electrons. The number of amides is 2. The van der Waals surface area contributed by atoms with Gasteiger partial charge in [-0.25, -0.2) is 4.79 Å². The summed E-state index contributed by atoms with van der Waals surface area (Å²) in [4.78, 5) is 23.9. The third-order valence-corrected chi connectivity index (χ3v) is 2.44. The Hall–Kier alpha value is -2.04. The molecule has 1 aliphatic rings. The first-order chi connectivity index (χ1) is 7.68. The summed E-state index contributed by atoms with van der Waals surface area (Å²) >= 11 is 0. The second-order valence-electron chi connectivity index (χ2n) is 3.54. The summed E-state index contributed by atoms with van der Waals surface area (Å²) in [6, 6.07) is 6.87. The molecule has 16 heavy (non-hydrogen) atoms. The number of ether oxygens (including phenoxy) is 1. The summed E-state index contributed by atoms with van der Waals surface area (Å²) in [5, 5.41) is 0. The van der Waals surface area contributed by atoms with Crippen LogP contribution in [0, 0.1) is 0 Å². The number of anilines is 1. The molecule has 1 aromatic carbocycles. The average Bonchev–Trinajstić information content (AvgIpc) is 2.64. The van der Waals surface area contributed by atoms with E-state index in [9.17, 15) is 9.59 Å². The quantitative estimate of drug-likeness (QED) is 0.815. The van der Waals surface area contributed by atoms with Crippen LogP contribution < -0.4 is 15.4 Å². The van der Waals surface area contributed by atoms with Crippen LogP contribution in [-0.2, 0) is 4.79 Å². The Morgan fingerprint density at radius 1 is 1.38 bits per heavy atom. The average molecular weight is 220 g/mol. The van der Waals surface area contributed by atoms with E-state index in [4.69, 9.17) is 10.5 Å². The van der Waals surface area contributed by atoms with Gasteiger partial charge in [-0.05, 0) is 18.6 Å². The fourth-order valence-corrected chi connectivity index (χ4v) is 1.78. The molecule has 1 saturated heterocycles. The minimum Gasteiger partial charge on any atom is -0.408 e. The lowest BCUT2D eigenvalue weighted by atomic mass is 10.2. The molecule has 0 aromatic heterocycles. The lowest BCUT2D eigenvalue weighted by Crippen LogP contribution is -2.25. The zero-order valence-electron chi connectivity index (χ0n) is 8.68. The maximum atomic E-state index is 11.6. The smallest absolute Gasteiger partial charge is 0.408 e. The number of hydrogen-bond acceptors (Lipinski definition) is 3. The van der Waals surface area contributed by atoms with Crippen LogP contribution in [-0.4, -0.2) is 18.5 Å². The first-order valence-electron chi connectivity index (χ1n) is 5.05. The molecule has 2 N–H and O–H groups in total. The Bertz CT molecular complexity index is 431. The van der Waals surface area contributed by atoms with Crippen LogP contribution in [0.15, 0.2) is 24.3 Å². The van der Waals surface area contributed by atoms with Crippen LogP contribution >= 0.6 is 0 Å². The van der Waals surface area contributed by atoms with Crippen LogP contribution in [0.1, 0.15) is 12.8 Å². The van der Waals surface area contributed by atoms with E-state index in [-0.39, 0.29) is 5.91 Å². The molecule has 2 amide bonds. The Kier molecular flexibility index (Phi) is 2.76. The highest BCUT2D eigenvalue weighted by Crippen LogP contribution is 2.31. The van der Waals surface area contributed by atoms with Crippen molar-refractivity contribution < 1.29 is 14.3 Å². The molecule has 0 aliphatic carbocycles. The normalized spacial score (nSPS) is 15.2. The molecule has 1 fully saturated rings. The Balaban J connectivity index is 2.32. The summed E-state index contributed by atoms with van der Waals surface area (Å²) in [5.41, 5.74) is 5.56. The van der Waals surface area contributed by atoms with Crippen molar-refractivity contribution in [1.29, 1.82) is 0 Å². The van der Waals surface area contributed by atoms with Crippen molar-refractivity contribution in [3.63, 3.8) is 0 Å². The van der Waals surface area contributed by atoms with E-state index in [1.165, 1.54) is 0 Å². The highest BCUT2D eigenvalue weighted by molar-refractivity contribution is 5.97. The van der Waals surface area contributed by atoms with Gasteiger partial charge in [0.15, 0.2) is 5.75 Å². The molecule has 1 heterocycles. The highest BCUT2D eigenvalue weighted by Gasteiger charge is 2.24. The third kappa shape index (κ3) is 1.98. The van der Waals surface area contributed by atoms with Gasteiger partial charge < -0.3 is 15.4 Å².